The molecule has 1 atom stereocenters. The van der Waals surface area contributed by atoms with Crippen molar-refractivity contribution in [2.45, 2.75) is 30.2 Å². The molecule has 0 amide bonds. The summed E-state index contributed by atoms with van der Waals surface area (Å²) in [5.74, 6) is 0.748. The van der Waals surface area contributed by atoms with Crippen molar-refractivity contribution in [1.82, 2.24) is 9.62 Å². The molecule has 0 aromatic heterocycles. The van der Waals surface area contributed by atoms with E-state index in [1.165, 1.54) is 30.7 Å². The Hall–Kier alpha value is -2.49. The molecule has 0 radical (unpaired) electrons. The van der Waals surface area contributed by atoms with Crippen LogP contribution in [0, 0.1) is 10.1 Å². The molecule has 0 bridgehead atoms. The number of nitro benzene ring substituents is 1. The van der Waals surface area contributed by atoms with Gasteiger partial charge in [-0.1, -0.05) is 18.6 Å². The number of nitrogens with one attached hydrogen (secondary N) is 1. The summed E-state index contributed by atoms with van der Waals surface area (Å²) in [6, 6.07) is 12.5. The number of hydrogen-bond acceptors (Lipinski definition) is 6. The second-order valence-corrected chi connectivity index (χ2v) is 8.76. The molecule has 3 rings (SSSR count). The van der Waals surface area contributed by atoms with Gasteiger partial charge in [0.15, 0.2) is 0 Å². The minimum absolute atomic E-state index is 0.00947. The Bertz CT molecular complexity index is 924. The fourth-order valence-corrected chi connectivity index (χ4v) is 4.57. The van der Waals surface area contributed by atoms with Crippen molar-refractivity contribution in [3.05, 3.63) is 64.2 Å². The molecule has 1 fully saturated rings. The Morgan fingerprint density at radius 2 is 1.69 bits per heavy atom. The second-order valence-electron chi connectivity index (χ2n) is 6.99. The highest BCUT2D eigenvalue weighted by Crippen LogP contribution is 2.26. The maximum Gasteiger partial charge on any atom is 0.269 e. The van der Waals surface area contributed by atoms with E-state index in [-0.39, 0.29) is 23.2 Å². The second kappa shape index (κ2) is 9.34. The van der Waals surface area contributed by atoms with Crippen LogP contribution >= 0.6 is 0 Å². The molecular weight excluding hydrogens is 394 g/mol. The predicted molar refractivity (Wildman–Crippen MR) is 109 cm³/mol. The van der Waals surface area contributed by atoms with E-state index in [0.717, 1.165) is 37.2 Å². The Labute approximate surface area is 170 Å². The molecule has 8 nitrogen and oxygen atoms in total. The van der Waals surface area contributed by atoms with Crippen molar-refractivity contribution in [3.63, 3.8) is 0 Å². The molecule has 1 N–H and O–H groups in total. The first-order chi connectivity index (χ1) is 13.9. The van der Waals surface area contributed by atoms with E-state index in [4.69, 9.17) is 4.74 Å². The summed E-state index contributed by atoms with van der Waals surface area (Å²) >= 11 is 0. The molecule has 0 aliphatic carbocycles. The molecule has 1 aliphatic rings. The first-order valence-corrected chi connectivity index (χ1v) is 11.0. The SMILES string of the molecule is COc1ccc(C(CNS(=O)(=O)c2ccc([N+](=O)[O-])cc2)N2CCCCC2)cc1. The minimum atomic E-state index is -3.78. The fraction of sp³-hybridized carbons (Fsp3) is 0.400. The number of hydrogen-bond donors (Lipinski definition) is 1. The molecule has 9 heteroatoms. The Balaban J connectivity index is 1.78. The zero-order valence-electron chi connectivity index (χ0n) is 16.3. The highest BCUT2D eigenvalue weighted by molar-refractivity contribution is 7.89. The van der Waals surface area contributed by atoms with E-state index in [1.54, 1.807) is 7.11 Å². The van der Waals surface area contributed by atoms with Crippen LogP contribution < -0.4 is 9.46 Å². The summed E-state index contributed by atoms with van der Waals surface area (Å²) in [7, 11) is -2.17. The zero-order chi connectivity index (χ0) is 20.9. The molecule has 156 valence electrons. The summed E-state index contributed by atoms with van der Waals surface area (Å²) in [5.41, 5.74) is 0.868. The van der Waals surface area contributed by atoms with Crippen molar-refractivity contribution in [3.8, 4) is 5.75 Å². The number of rotatable bonds is 8. The molecule has 1 saturated heterocycles. The third kappa shape index (κ3) is 5.31. The van der Waals surface area contributed by atoms with E-state index in [2.05, 4.69) is 9.62 Å². The number of benzene rings is 2. The van der Waals surface area contributed by atoms with Gasteiger partial charge in [-0.25, -0.2) is 13.1 Å². The van der Waals surface area contributed by atoms with Gasteiger partial charge < -0.3 is 4.74 Å². The van der Waals surface area contributed by atoms with Crippen molar-refractivity contribution in [2.75, 3.05) is 26.7 Å². The summed E-state index contributed by atoms with van der Waals surface area (Å²) in [6.07, 6.45) is 3.35. The van der Waals surface area contributed by atoms with Gasteiger partial charge in [0.25, 0.3) is 5.69 Å². The standard InChI is InChI=1S/C20H25N3O5S/c1-28-18-9-5-16(6-10-18)20(22-13-3-2-4-14-22)15-21-29(26,27)19-11-7-17(8-12-19)23(24)25/h5-12,20-21H,2-4,13-15H2,1H3. The van der Waals surface area contributed by atoms with Crippen molar-refractivity contribution >= 4 is 15.7 Å². The van der Waals surface area contributed by atoms with Gasteiger partial charge in [0.1, 0.15) is 5.75 Å². The molecule has 29 heavy (non-hydrogen) atoms. The van der Waals surface area contributed by atoms with E-state index < -0.39 is 14.9 Å². The highest BCUT2D eigenvalue weighted by atomic mass is 32.2. The maximum atomic E-state index is 12.7. The number of piperidine rings is 1. The Kier molecular flexibility index (Phi) is 6.83. The molecule has 1 aliphatic heterocycles. The van der Waals surface area contributed by atoms with Crippen LogP contribution in [0.3, 0.4) is 0 Å². The Morgan fingerprint density at radius 1 is 1.07 bits per heavy atom. The number of non-ortho nitro benzene ring substituents is 1. The third-order valence-electron chi connectivity index (χ3n) is 5.16. The number of ether oxygens (including phenoxy) is 1. The van der Waals surface area contributed by atoms with Crippen molar-refractivity contribution in [1.29, 1.82) is 0 Å². The first-order valence-electron chi connectivity index (χ1n) is 9.53. The van der Waals surface area contributed by atoms with Crippen LogP contribution in [0.15, 0.2) is 53.4 Å². The summed E-state index contributed by atoms with van der Waals surface area (Å²) in [5, 5.41) is 10.8. The van der Waals surface area contributed by atoms with Gasteiger partial charge in [-0.2, -0.15) is 0 Å². The largest absolute Gasteiger partial charge is 0.497 e. The highest BCUT2D eigenvalue weighted by Gasteiger charge is 2.25. The van der Waals surface area contributed by atoms with Crippen LogP contribution in [0.2, 0.25) is 0 Å². The lowest BCUT2D eigenvalue weighted by atomic mass is 10.0. The summed E-state index contributed by atoms with van der Waals surface area (Å²) < 4.78 is 33.3. The lowest BCUT2D eigenvalue weighted by molar-refractivity contribution is -0.384. The molecule has 1 unspecified atom stereocenters. The molecule has 0 spiro atoms. The molecule has 2 aromatic carbocycles. The van der Waals surface area contributed by atoms with E-state index >= 15 is 0 Å². The topological polar surface area (TPSA) is 102 Å². The van der Waals surface area contributed by atoms with Gasteiger partial charge in [-0.15, -0.1) is 0 Å². The number of sulfonamides is 1. The Morgan fingerprint density at radius 3 is 2.24 bits per heavy atom. The van der Waals surface area contributed by atoms with Crippen molar-refractivity contribution < 1.29 is 18.1 Å². The van der Waals surface area contributed by atoms with E-state index in [9.17, 15) is 18.5 Å². The number of nitrogens with zero attached hydrogens (tertiary/aromatic N) is 2. The van der Waals surface area contributed by atoms with Gasteiger partial charge in [0.05, 0.1) is 16.9 Å². The molecular formula is C20H25N3O5S. The predicted octanol–water partition coefficient (Wildman–Crippen LogP) is 3.11. The molecule has 2 aromatic rings. The lowest BCUT2D eigenvalue weighted by Gasteiger charge is -2.35. The third-order valence-corrected chi connectivity index (χ3v) is 6.60. The number of methoxy groups -OCH3 is 1. The molecule has 0 saturated carbocycles. The quantitative estimate of drug-likeness (QED) is 0.521. The zero-order valence-corrected chi connectivity index (χ0v) is 17.1. The van der Waals surface area contributed by atoms with Gasteiger partial charge in [0.2, 0.25) is 10.0 Å². The van der Waals surface area contributed by atoms with Crippen LogP contribution in [-0.4, -0.2) is 45.0 Å². The monoisotopic (exact) mass is 419 g/mol. The van der Waals surface area contributed by atoms with E-state index in [1.807, 2.05) is 24.3 Å². The van der Waals surface area contributed by atoms with Crippen LogP contribution in [0.5, 0.6) is 5.75 Å². The smallest absolute Gasteiger partial charge is 0.269 e. The van der Waals surface area contributed by atoms with Crippen LogP contribution in [0.4, 0.5) is 5.69 Å². The number of nitro groups is 1. The fourth-order valence-electron chi connectivity index (χ4n) is 3.53. The van der Waals surface area contributed by atoms with Crippen LogP contribution in [0.25, 0.3) is 0 Å². The minimum Gasteiger partial charge on any atom is -0.497 e. The lowest BCUT2D eigenvalue weighted by Crippen LogP contribution is -2.40. The van der Waals surface area contributed by atoms with Gasteiger partial charge in [-0.05, 0) is 55.8 Å². The van der Waals surface area contributed by atoms with E-state index in [0.29, 0.717) is 0 Å². The van der Waals surface area contributed by atoms with Gasteiger partial charge in [-0.3, -0.25) is 15.0 Å². The summed E-state index contributed by atoms with van der Waals surface area (Å²) in [6.45, 7) is 2.04. The maximum absolute atomic E-state index is 12.7. The molecule has 1 heterocycles. The van der Waals surface area contributed by atoms with Crippen LogP contribution in [0.1, 0.15) is 30.9 Å². The van der Waals surface area contributed by atoms with Gasteiger partial charge >= 0.3 is 0 Å². The van der Waals surface area contributed by atoms with Gasteiger partial charge in [0, 0.05) is 24.7 Å². The summed E-state index contributed by atoms with van der Waals surface area (Å²) in [4.78, 5) is 12.5. The average molecular weight is 420 g/mol. The average Bonchev–Trinajstić information content (AvgIpc) is 2.75. The first kappa shape index (κ1) is 21.2. The van der Waals surface area contributed by atoms with Crippen LogP contribution in [-0.2, 0) is 10.0 Å². The normalized spacial score (nSPS) is 16.3. The van der Waals surface area contributed by atoms with Crippen molar-refractivity contribution in [2.24, 2.45) is 0 Å². The number of likely N-dealkylation sites (tertiary alicyclic amines) is 1.